The molecule has 22 heavy (non-hydrogen) atoms. The largest absolute Gasteiger partial charge is 0.456 e. The van der Waals surface area contributed by atoms with Gasteiger partial charge in [0.15, 0.2) is 11.3 Å². The van der Waals surface area contributed by atoms with Crippen LogP contribution in [-0.4, -0.2) is 6.79 Å². The Morgan fingerprint density at radius 3 is 2.59 bits per heavy atom. The first kappa shape index (κ1) is 13.2. The van der Waals surface area contributed by atoms with Gasteiger partial charge in [-0.15, -0.1) is 0 Å². The predicted octanol–water partition coefficient (Wildman–Crippen LogP) is 4.15. The van der Waals surface area contributed by atoms with Crippen LogP contribution >= 0.6 is 11.6 Å². The van der Waals surface area contributed by atoms with Crippen LogP contribution in [0.4, 0.5) is 0 Å². The van der Waals surface area contributed by atoms with Crippen LogP contribution in [0.1, 0.15) is 5.76 Å². The maximum absolute atomic E-state index is 12.8. The van der Waals surface area contributed by atoms with Crippen molar-refractivity contribution in [1.82, 2.24) is 0 Å². The summed E-state index contributed by atoms with van der Waals surface area (Å²) < 4.78 is 16.6. The summed E-state index contributed by atoms with van der Waals surface area (Å²) in [6.45, 7) is 1.90. The molecule has 1 aliphatic heterocycles. The molecular formula is C17H11ClO4. The van der Waals surface area contributed by atoms with E-state index in [0.717, 1.165) is 5.56 Å². The van der Waals surface area contributed by atoms with Crippen molar-refractivity contribution in [1.29, 1.82) is 0 Å². The van der Waals surface area contributed by atoms with Crippen LogP contribution in [0, 0.1) is 6.92 Å². The van der Waals surface area contributed by atoms with Gasteiger partial charge in [-0.05, 0) is 36.8 Å². The van der Waals surface area contributed by atoms with Gasteiger partial charge in [0.2, 0.25) is 18.0 Å². The molecule has 0 spiro atoms. The predicted molar refractivity (Wildman–Crippen MR) is 83.8 cm³/mol. The molecule has 0 saturated heterocycles. The summed E-state index contributed by atoms with van der Waals surface area (Å²) in [6, 6.07) is 10.5. The topological polar surface area (TPSA) is 48.7 Å². The normalized spacial score (nSPS) is 12.8. The van der Waals surface area contributed by atoms with Gasteiger partial charge in [-0.2, -0.15) is 0 Å². The third kappa shape index (κ3) is 1.88. The molecule has 1 aromatic heterocycles. The second-order valence-electron chi connectivity index (χ2n) is 5.05. The first-order chi connectivity index (χ1) is 10.6. The third-order valence-corrected chi connectivity index (χ3v) is 3.96. The van der Waals surface area contributed by atoms with Gasteiger partial charge < -0.3 is 13.9 Å². The molecule has 0 unspecified atom stereocenters. The maximum Gasteiger partial charge on any atom is 0.231 e. The molecule has 5 heteroatoms. The van der Waals surface area contributed by atoms with Crippen molar-refractivity contribution in [3.05, 3.63) is 57.4 Å². The first-order valence-corrected chi connectivity index (χ1v) is 7.15. The van der Waals surface area contributed by atoms with Crippen molar-refractivity contribution in [3.8, 4) is 22.6 Å². The Labute approximate surface area is 130 Å². The first-order valence-electron chi connectivity index (χ1n) is 6.77. The maximum atomic E-state index is 12.8. The summed E-state index contributed by atoms with van der Waals surface area (Å²) in [7, 11) is 0. The summed E-state index contributed by atoms with van der Waals surface area (Å²) in [4.78, 5) is 12.8. The van der Waals surface area contributed by atoms with E-state index in [2.05, 4.69) is 0 Å². The summed E-state index contributed by atoms with van der Waals surface area (Å²) in [5, 5.41) is 1.09. The highest BCUT2D eigenvalue weighted by Gasteiger charge is 2.22. The van der Waals surface area contributed by atoms with Crippen molar-refractivity contribution in [2.45, 2.75) is 6.92 Å². The van der Waals surface area contributed by atoms with Crippen molar-refractivity contribution < 1.29 is 13.9 Å². The fourth-order valence-corrected chi connectivity index (χ4v) is 2.80. The van der Waals surface area contributed by atoms with E-state index in [0.29, 0.717) is 38.8 Å². The van der Waals surface area contributed by atoms with E-state index < -0.39 is 0 Å². The standard InChI is InChI=1S/C17H11ClO4/c1-9-14(10-2-4-11(18)5-3-10)15(19)12-6-7-13-17(16(12)22-9)21-8-20-13/h2-7H,8H2,1H3. The molecule has 4 rings (SSSR count). The van der Waals surface area contributed by atoms with Crippen LogP contribution in [0.5, 0.6) is 11.5 Å². The van der Waals surface area contributed by atoms with Crippen LogP contribution in [0.15, 0.2) is 45.6 Å². The molecular weight excluding hydrogens is 304 g/mol. The molecule has 2 aromatic carbocycles. The lowest BCUT2D eigenvalue weighted by Crippen LogP contribution is -2.07. The highest BCUT2D eigenvalue weighted by molar-refractivity contribution is 6.30. The van der Waals surface area contributed by atoms with Crippen LogP contribution in [-0.2, 0) is 0 Å². The van der Waals surface area contributed by atoms with E-state index in [1.807, 2.05) is 0 Å². The second-order valence-corrected chi connectivity index (χ2v) is 5.48. The van der Waals surface area contributed by atoms with Crippen molar-refractivity contribution in [3.63, 3.8) is 0 Å². The van der Waals surface area contributed by atoms with Crippen LogP contribution in [0.25, 0.3) is 22.1 Å². The average molecular weight is 315 g/mol. The Balaban J connectivity index is 2.04. The number of rotatable bonds is 1. The van der Waals surface area contributed by atoms with Gasteiger partial charge in [-0.3, -0.25) is 4.79 Å². The number of ether oxygens (including phenoxy) is 2. The van der Waals surface area contributed by atoms with Crippen molar-refractivity contribution >= 4 is 22.6 Å². The zero-order chi connectivity index (χ0) is 15.3. The molecule has 0 radical (unpaired) electrons. The third-order valence-electron chi connectivity index (χ3n) is 3.71. The molecule has 0 amide bonds. The van der Waals surface area contributed by atoms with Crippen LogP contribution in [0.2, 0.25) is 5.02 Å². The Morgan fingerprint density at radius 1 is 1.05 bits per heavy atom. The highest BCUT2D eigenvalue weighted by Crippen LogP contribution is 2.39. The minimum absolute atomic E-state index is 0.0978. The van der Waals surface area contributed by atoms with E-state index in [-0.39, 0.29) is 12.2 Å². The Kier molecular flexibility index (Phi) is 2.87. The van der Waals surface area contributed by atoms with Crippen LogP contribution < -0.4 is 14.9 Å². The number of aryl methyl sites for hydroxylation is 1. The van der Waals surface area contributed by atoms with Gasteiger partial charge >= 0.3 is 0 Å². The molecule has 3 aromatic rings. The number of hydrogen-bond donors (Lipinski definition) is 0. The molecule has 0 saturated carbocycles. The molecule has 0 N–H and O–H groups in total. The van der Waals surface area contributed by atoms with E-state index in [4.69, 9.17) is 25.5 Å². The number of fused-ring (bicyclic) bond motifs is 3. The quantitative estimate of drug-likeness (QED) is 0.677. The van der Waals surface area contributed by atoms with Crippen molar-refractivity contribution in [2.24, 2.45) is 0 Å². The van der Waals surface area contributed by atoms with E-state index in [1.165, 1.54) is 0 Å². The minimum Gasteiger partial charge on any atom is -0.456 e. The lowest BCUT2D eigenvalue weighted by molar-refractivity contribution is 0.174. The molecule has 2 heterocycles. The van der Waals surface area contributed by atoms with Gasteiger partial charge in [0.25, 0.3) is 0 Å². The highest BCUT2D eigenvalue weighted by atomic mass is 35.5. The monoisotopic (exact) mass is 314 g/mol. The lowest BCUT2D eigenvalue weighted by atomic mass is 10.0. The van der Waals surface area contributed by atoms with Gasteiger partial charge in [0, 0.05) is 5.02 Å². The SMILES string of the molecule is Cc1oc2c3c(ccc2c(=O)c1-c1ccc(Cl)cc1)OCO3. The number of hydrogen-bond acceptors (Lipinski definition) is 4. The average Bonchev–Trinajstić information content (AvgIpc) is 2.98. The number of halogens is 1. The Bertz CT molecular complexity index is 942. The van der Waals surface area contributed by atoms with E-state index in [1.54, 1.807) is 43.3 Å². The van der Waals surface area contributed by atoms with Crippen molar-refractivity contribution in [2.75, 3.05) is 6.79 Å². The molecule has 0 aliphatic carbocycles. The fourth-order valence-electron chi connectivity index (χ4n) is 2.68. The lowest BCUT2D eigenvalue weighted by Gasteiger charge is -2.08. The van der Waals surface area contributed by atoms with Gasteiger partial charge in [-0.25, -0.2) is 0 Å². The van der Waals surface area contributed by atoms with Gasteiger partial charge in [0.1, 0.15) is 5.76 Å². The van der Waals surface area contributed by atoms with E-state index in [9.17, 15) is 4.79 Å². The minimum atomic E-state index is -0.0978. The van der Waals surface area contributed by atoms with Crippen LogP contribution in [0.3, 0.4) is 0 Å². The Morgan fingerprint density at radius 2 is 1.82 bits per heavy atom. The second kappa shape index (κ2) is 4.78. The summed E-state index contributed by atoms with van der Waals surface area (Å²) in [5.41, 5.74) is 1.63. The fraction of sp³-hybridized carbons (Fsp3) is 0.118. The van der Waals surface area contributed by atoms with E-state index >= 15 is 0 Å². The summed E-state index contributed by atoms with van der Waals surface area (Å²) in [6.07, 6.45) is 0. The molecule has 110 valence electrons. The van der Waals surface area contributed by atoms with Gasteiger partial charge in [-0.1, -0.05) is 23.7 Å². The molecule has 4 nitrogen and oxygen atoms in total. The van der Waals surface area contributed by atoms with Gasteiger partial charge in [0.05, 0.1) is 10.9 Å². The Hall–Kier alpha value is -2.46. The smallest absolute Gasteiger partial charge is 0.231 e. The zero-order valence-electron chi connectivity index (χ0n) is 11.7. The molecule has 0 bridgehead atoms. The molecule has 0 fully saturated rings. The summed E-state index contributed by atoms with van der Waals surface area (Å²) in [5.74, 6) is 1.61. The molecule has 0 atom stereocenters. The zero-order valence-corrected chi connectivity index (χ0v) is 12.4. The molecule has 1 aliphatic rings. The summed E-state index contributed by atoms with van der Waals surface area (Å²) >= 11 is 5.91. The number of benzene rings is 2.